The Morgan fingerprint density at radius 3 is 3.24 bits per heavy atom. The summed E-state index contributed by atoms with van der Waals surface area (Å²) in [4.78, 5) is 21.3. The number of hydrogen-bond acceptors (Lipinski definition) is 6. The van der Waals surface area contributed by atoms with E-state index >= 15 is 0 Å². The van der Waals surface area contributed by atoms with Gasteiger partial charge in [0, 0.05) is 25.7 Å². The fourth-order valence-corrected chi connectivity index (χ4v) is 2.92. The molecular formula is C11H12N4OS. The standard InChI is InChI=1S/C11H12N4OS/c1-6-13-5-8-10(15-17-11(8)14-6)7-4-12-3-2-9(7)16/h5,7,12H,2-4H2,1H3. The van der Waals surface area contributed by atoms with Crippen molar-refractivity contribution in [2.24, 2.45) is 0 Å². The molecule has 88 valence electrons. The Kier molecular flexibility index (Phi) is 2.60. The van der Waals surface area contributed by atoms with E-state index in [0.717, 1.165) is 28.3 Å². The zero-order valence-corrected chi connectivity index (χ0v) is 10.3. The molecule has 0 aliphatic carbocycles. The van der Waals surface area contributed by atoms with Crippen molar-refractivity contribution in [1.82, 2.24) is 19.7 Å². The van der Waals surface area contributed by atoms with Gasteiger partial charge in [0.1, 0.15) is 16.4 Å². The zero-order chi connectivity index (χ0) is 11.8. The topological polar surface area (TPSA) is 67.8 Å². The van der Waals surface area contributed by atoms with Gasteiger partial charge in [-0.05, 0) is 18.5 Å². The molecule has 1 fully saturated rings. The first kappa shape index (κ1) is 10.7. The van der Waals surface area contributed by atoms with Gasteiger partial charge in [0.05, 0.1) is 17.0 Å². The normalized spacial score (nSPS) is 21.0. The molecule has 0 saturated carbocycles. The van der Waals surface area contributed by atoms with E-state index < -0.39 is 0 Å². The molecule has 1 saturated heterocycles. The Hall–Kier alpha value is -1.40. The van der Waals surface area contributed by atoms with Gasteiger partial charge in [0.15, 0.2) is 0 Å². The van der Waals surface area contributed by atoms with Crippen LogP contribution in [0, 0.1) is 6.92 Å². The lowest BCUT2D eigenvalue weighted by atomic mass is 9.93. The summed E-state index contributed by atoms with van der Waals surface area (Å²) < 4.78 is 4.39. The van der Waals surface area contributed by atoms with Crippen LogP contribution in [0.2, 0.25) is 0 Å². The SMILES string of the molecule is Cc1ncc2c(C3CNCCC3=O)nsc2n1. The predicted octanol–water partition coefficient (Wildman–Crippen LogP) is 1.04. The minimum atomic E-state index is -0.135. The van der Waals surface area contributed by atoms with Crippen LogP contribution in [0.15, 0.2) is 6.20 Å². The number of piperidine rings is 1. The van der Waals surface area contributed by atoms with Crippen molar-refractivity contribution in [3.05, 3.63) is 17.7 Å². The number of Topliss-reactive ketones (excluding diaryl/α,β-unsaturated/α-hetero) is 1. The first-order valence-electron chi connectivity index (χ1n) is 5.58. The highest BCUT2D eigenvalue weighted by Gasteiger charge is 2.27. The molecule has 3 heterocycles. The maximum absolute atomic E-state index is 11.9. The molecule has 5 nitrogen and oxygen atoms in total. The van der Waals surface area contributed by atoms with E-state index in [1.807, 2.05) is 6.92 Å². The molecule has 3 rings (SSSR count). The van der Waals surface area contributed by atoms with Gasteiger partial charge in [0.25, 0.3) is 0 Å². The van der Waals surface area contributed by atoms with E-state index in [-0.39, 0.29) is 11.7 Å². The highest BCUT2D eigenvalue weighted by Crippen LogP contribution is 2.28. The molecule has 0 aromatic carbocycles. The van der Waals surface area contributed by atoms with Crippen molar-refractivity contribution in [2.75, 3.05) is 13.1 Å². The van der Waals surface area contributed by atoms with Crippen LogP contribution in [0.5, 0.6) is 0 Å². The molecule has 0 bridgehead atoms. The largest absolute Gasteiger partial charge is 0.315 e. The second-order valence-corrected chi connectivity index (χ2v) is 4.93. The van der Waals surface area contributed by atoms with Crippen molar-refractivity contribution in [3.63, 3.8) is 0 Å². The fraction of sp³-hybridized carbons (Fsp3) is 0.455. The molecule has 6 heteroatoms. The number of aromatic nitrogens is 3. The van der Waals surface area contributed by atoms with Crippen LogP contribution in [0.4, 0.5) is 0 Å². The second kappa shape index (κ2) is 4.12. The van der Waals surface area contributed by atoms with Crippen LogP contribution >= 0.6 is 11.5 Å². The molecule has 2 aromatic heterocycles. The summed E-state index contributed by atoms with van der Waals surface area (Å²) in [6.07, 6.45) is 2.36. The summed E-state index contributed by atoms with van der Waals surface area (Å²) >= 11 is 1.34. The summed E-state index contributed by atoms with van der Waals surface area (Å²) in [5.74, 6) is 0.862. The molecule has 1 aliphatic rings. The summed E-state index contributed by atoms with van der Waals surface area (Å²) in [5, 5.41) is 4.15. The van der Waals surface area contributed by atoms with Gasteiger partial charge < -0.3 is 5.32 Å². The van der Waals surface area contributed by atoms with Gasteiger partial charge >= 0.3 is 0 Å². The Labute approximate surface area is 102 Å². The summed E-state index contributed by atoms with van der Waals surface area (Å²) in [7, 11) is 0. The summed E-state index contributed by atoms with van der Waals surface area (Å²) in [5.41, 5.74) is 0.835. The maximum atomic E-state index is 11.9. The average Bonchev–Trinajstić information content (AvgIpc) is 2.72. The minimum absolute atomic E-state index is 0.135. The van der Waals surface area contributed by atoms with E-state index in [9.17, 15) is 4.79 Å². The first-order valence-corrected chi connectivity index (χ1v) is 6.35. The molecule has 2 aromatic rings. The smallest absolute Gasteiger partial charge is 0.147 e. The van der Waals surface area contributed by atoms with E-state index in [4.69, 9.17) is 0 Å². The Balaban J connectivity index is 2.08. The number of nitrogens with one attached hydrogen (secondary N) is 1. The lowest BCUT2D eigenvalue weighted by molar-refractivity contribution is -0.121. The maximum Gasteiger partial charge on any atom is 0.147 e. The van der Waals surface area contributed by atoms with E-state index in [0.29, 0.717) is 13.0 Å². The lowest BCUT2D eigenvalue weighted by Gasteiger charge is -2.20. The molecule has 0 radical (unpaired) electrons. The van der Waals surface area contributed by atoms with E-state index in [1.165, 1.54) is 11.5 Å². The van der Waals surface area contributed by atoms with Crippen LogP contribution in [0.3, 0.4) is 0 Å². The van der Waals surface area contributed by atoms with Gasteiger partial charge in [0.2, 0.25) is 0 Å². The quantitative estimate of drug-likeness (QED) is 0.816. The highest BCUT2D eigenvalue weighted by molar-refractivity contribution is 7.12. The molecule has 17 heavy (non-hydrogen) atoms. The van der Waals surface area contributed by atoms with Gasteiger partial charge in [-0.25, -0.2) is 9.97 Å². The lowest BCUT2D eigenvalue weighted by Crippen LogP contribution is -2.35. The van der Waals surface area contributed by atoms with Crippen LogP contribution in [0.25, 0.3) is 10.2 Å². The molecule has 1 atom stereocenters. The third-order valence-electron chi connectivity index (χ3n) is 3.00. The zero-order valence-electron chi connectivity index (χ0n) is 9.43. The number of nitrogens with zero attached hydrogens (tertiary/aromatic N) is 3. The van der Waals surface area contributed by atoms with Crippen LogP contribution in [0.1, 0.15) is 23.9 Å². The fourth-order valence-electron chi connectivity index (χ4n) is 2.08. The number of hydrogen-bond donors (Lipinski definition) is 1. The number of rotatable bonds is 1. The number of ketones is 1. The predicted molar refractivity (Wildman–Crippen MR) is 65.2 cm³/mol. The first-order chi connectivity index (χ1) is 8.25. The van der Waals surface area contributed by atoms with Crippen LogP contribution in [-0.2, 0) is 4.79 Å². The van der Waals surface area contributed by atoms with Crippen molar-refractivity contribution in [3.8, 4) is 0 Å². The Morgan fingerprint density at radius 1 is 1.53 bits per heavy atom. The van der Waals surface area contributed by atoms with Crippen LogP contribution in [-0.4, -0.2) is 33.2 Å². The number of carbonyl (C=O) groups excluding carboxylic acids is 1. The van der Waals surface area contributed by atoms with Crippen molar-refractivity contribution >= 4 is 27.5 Å². The number of aryl methyl sites for hydroxylation is 1. The number of carbonyl (C=O) groups is 1. The second-order valence-electron chi connectivity index (χ2n) is 4.18. The van der Waals surface area contributed by atoms with Crippen molar-refractivity contribution in [2.45, 2.75) is 19.3 Å². The van der Waals surface area contributed by atoms with Crippen molar-refractivity contribution < 1.29 is 4.79 Å². The van der Waals surface area contributed by atoms with E-state index in [1.54, 1.807) is 6.20 Å². The molecule has 0 spiro atoms. The van der Waals surface area contributed by atoms with E-state index in [2.05, 4.69) is 19.7 Å². The van der Waals surface area contributed by atoms with Crippen molar-refractivity contribution in [1.29, 1.82) is 0 Å². The van der Waals surface area contributed by atoms with Gasteiger partial charge in [-0.15, -0.1) is 0 Å². The summed E-state index contributed by atoms with van der Waals surface area (Å²) in [6.45, 7) is 3.30. The van der Waals surface area contributed by atoms with Gasteiger partial charge in [-0.1, -0.05) is 0 Å². The Morgan fingerprint density at radius 2 is 2.41 bits per heavy atom. The molecular weight excluding hydrogens is 236 g/mol. The molecule has 0 amide bonds. The molecule has 1 aliphatic heterocycles. The average molecular weight is 248 g/mol. The highest BCUT2D eigenvalue weighted by atomic mass is 32.1. The van der Waals surface area contributed by atoms with Gasteiger partial charge in [-0.2, -0.15) is 4.37 Å². The third-order valence-corrected chi connectivity index (χ3v) is 3.77. The number of fused-ring (bicyclic) bond motifs is 1. The molecule has 1 unspecified atom stereocenters. The van der Waals surface area contributed by atoms with Gasteiger partial charge in [-0.3, -0.25) is 4.79 Å². The molecule has 1 N–H and O–H groups in total. The minimum Gasteiger partial charge on any atom is -0.315 e. The van der Waals surface area contributed by atoms with Crippen LogP contribution < -0.4 is 5.32 Å². The Bertz CT molecular complexity index is 580. The summed E-state index contributed by atoms with van der Waals surface area (Å²) in [6, 6.07) is 0. The third kappa shape index (κ3) is 1.83. The monoisotopic (exact) mass is 248 g/mol.